The van der Waals surface area contributed by atoms with Gasteiger partial charge in [-0.15, -0.1) is 0 Å². The number of benzene rings is 1. The lowest BCUT2D eigenvalue weighted by Gasteiger charge is -2.21. The highest BCUT2D eigenvalue weighted by molar-refractivity contribution is 7.96. The molecule has 2 atom stereocenters. The van der Waals surface area contributed by atoms with E-state index in [9.17, 15) is 16.8 Å². The molecule has 0 bridgehead atoms. The van der Waals surface area contributed by atoms with E-state index in [1.54, 1.807) is 12.1 Å². The molecule has 3 rings (SSSR count). The van der Waals surface area contributed by atoms with Crippen molar-refractivity contribution in [3.8, 4) is 5.75 Å². The quantitative estimate of drug-likeness (QED) is 0.689. The lowest BCUT2D eigenvalue weighted by atomic mass is 9.97. The van der Waals surface area contributed by atoms with Crippen molar-refractivity contribution in [2.75, 3.05) is 25.2 Å². The van der Waals surface area contributed by atoms with E-state index in [1.165, 1.54) is 37.7 Å². The van der Waals surface area contributed by atoms with Gasteiger partial charge in [0.15, 0.2) is 19.7 Å². The molecule has 1 aromatic rings. The highest BCUT2D eigenvalue weighted by Crippen LogP contribution is 2.27. The smallest absolute Gasteiger partial charge is 0.183 e. The predicted molar refractivity (Wildman–Crippen MR) is 106 cm³/mol. The second-order valence-electron chi connectivity index (χ2n) is 7.25. The van der Waals surface area contributed by atoms with Crippen molar-refractivity contribution in [3.63, 3.8) is 0 Å². The molecule has 0 saturated carbocycles. The van der Waals surface area contributed by atoms with Crippen LogP contribution in [0.3, 0.4) is 0 Å². The third-order valence-corrected chi connectivity index (χ3v) is 9.49. The summed E-state index contributed by atoms with van der Waals surface area (Å²) in [4.78, 5) is 0.132. The maximum atomic E-state index is 13.0. The van der Waals surface area contributed by atoms with E-state index in [0.29, 0.717) is 12.3 Å². The molecule has 1 fully saturated rings. The maximum absolute atomic E-state index is 13.0. The predicted octanol–water partition coefficient (Wildman–Crippen LogP) is 2.11. The fraction of sp³-hybridized carbons (Fsp3) is 0.579. The van der Waals surface area contributed by atoms with Gasteiger partial charge in [-0.05, 0) is 62.9 Å². The zero-order chi connectivity index (χ0) is 19.5. The Labute approximate surface area is 161 Å². The number of methoxy groups -OCH3 is 1. The van der Waals surface area contributed by atoms with Crippen LogP contribution in [-0.4, -0.2) is 53.3 Å². The van der Waals surface area contributed by atoms with Crippen LogP contribution in [0.2, 0.25) is 0 Å². The molecule has 27 heavy (non-hydrogen) atoms. The van der Waals surface area contributed by atoms with Gasteiger partial charge in [-0.3, -0.25) is 0 Å². The molecular weight excluding hydrogens is 386 g/mol. The second kappa shape index (κ2) is 8.32. The first-order valence-corrected chi connectivity index (χ1v) is 12.7. The molecule has 150 valence electrons. The summed E-state index contributed by atoms with van der Waals surface area (Å²) in [5, 5.41) is 2.25. The Morgan fingerprint density at radius 3 is 2.52 bits per heavy atom. The first kappa shape index (κ1) is 20.4. The molecule has 1 saturated heterocycles. The van der Waals surface area contributed by atoms with Gasteiger partial charge in [0.25, 0.3) is 0 Å². The van der Waals surface area contributed by atoms with E-state index in [2.05, 4.69) is 11.4 Å². The van der Waals surface area contributed by atoms with Crippen molar-refractivity contribution in [2.24, 2.45) is 0 Å². The minimum atomic E-state index is -3.75. The van der Waals surface area contributed by atoms with Gasteiger partial charge in [-0.1, -0.05) is 11.6 Å². The van der Waals surface area contributed by atoms with Crippen LogP contribution < -0.4 is 10.1 Å². The van der Waals surface area contributed by atoms with Crippen LogP contribution in [-0.2, 0) is 19.7 Å². The number of rotatable bonds is 7. The number of hydrogen-bond donors (Lipinski definition) is 1. The van der Waals surface area contributed by atoms with Crippen molar-refractivity contribution in [1.29, 1.82) is 0 Å². The molecule has 1 aromatic carbocycles. The number of allylic oxidation sites excluding steroid dienone is 1. The number of ether oxygens (including phenoxy) is 1. The molecule has 0 aromatic heterocycles. The lowest BCUT2D eigenvalue weighted by Crippen LogP contribution is -2.43. The van der Waals surface area contributed by atoms with Gasteiger partial charge in [-0.2, -0.15) is 0 Å². The van der Waals surface area contributed by atoms with Gasteiger partial charge in [0.2, 0.25) is 0 Å². The Morgan fingerprint density at radius 2 is 1.89 bits per heavy atom. The summed E-state index contributed by atoms with van der Waals surface area (Å²) < 4.78 is 55.5. The van der Waals surface area contributed by atoms with Crippen molar-refractivity contribution >= 4 is 19.7 Å². The zero-order valence-electron chi connectivity index (χ0n) is 15.6. The Balaban J connectivity index is 1.73. The van der Waals surface area contributed by atoms with E-state index < -0.39 is 31.0 Å². The minimum absolute atomic E-state index is 0.132. The minimum Gasteiger partial charge on any atom is -0.497 e. The molecule has 2 aliphatic rings. The van der Waals surface area contributed by atoms with Gasteiger partial charge in [0, 0.05) is 6.04 Å². The summed E-state index contributed by atoms with van der Waals surface area (Å²) in [5.41, 5.74) is 1.38. The summed E-state index contributed by atoms with van der Waals surface area (Å²) >= 11 is 0. The van der Waals surface area contributed by atoms with Crippen molar-refractivity contribution in [3.05, 3.63) is 35.9 Å². The summed E-state index contributed by atoms with van der Waals surface area (Å²) in [5.74, 6) is 0.0943. The molecule has 1 aliphatic heterocycles. The van der Waals surface area contributed by atoms with Gasteiger partial charge >= 0.3 is 0 Å². The topological polar surface area (TPSA) is 89.5 Å². The summed E-state index contributed by atoms with van der Waals surface area (Å²) in [6.07, 6.45) is 7.69. The summed E-state index contributed by atoms with van der Waals surface area (Å²) in [7, 11) is -5.63. The Hall–Kier alpha value is -1.38. The number of sulfone groups is 2. The molecule has 1 N–H and O–H groups in total. The molecule has 0 amide bonds. The number of hydrogen-bond acceptors (Lipinski definition) is 6. The highest BCUT2D eigenvalue weighted by Gasteiger charge is 2.45. The van der Waals surface area contributed by atoms with Crippen molar-refractivity contribution in [1.82, 2.24) is 5.32 Å². The van der Waals surface area contributed by atoms with E-state index in [-0.39, 0.29) is 16.4 Å². The fourth-order valence-corrected chi connectivity index (χ4v) is 8.52. The van der Waals surface area contributed by atoms with Gasteiger partial charge in [0.1, 0.15) is 5.75 Å². The van der Waals surface area contributed by atoms with Gasteiger partial charge in [-0.25, -0.2) is 16.8 Å². The van der Waals surface area contributed by atoms with Crippen molar-refractivity contribution < 1.29 is 21.6 Å². The molecular formula is C19H27NO5S2. The van der Waals surface area contributed by atoms with Crippen LogP contribution in [0.4, 0.5) is 0 Å². The lowest BCUT2D eigenvalue weighted by molar-refractivity contribution is 0.414. The van der Waals surface area contributed by atoms with Crippen LogP contribution in [0, 0.1) is 0 Å². The highest BCUT2D eigenvalue weighted by atomic mass is 32.2. The SMILES string of the molecule is COc1ccc(S(=O)(=O)C2CS(=O)(=O)CC2NCCC2=CCCCC2)cc1. The van der Waals surface area contributed by atoms with Crippen LogP contribution in [0.5, 0.6) is 5.75 Å². The third-order valence-electron chi connectivity index (χ3n) is 5.32. The maximum Gasteiger partial charge on any atom is 0.183 e. The van der Waals surface area contributed by atoms with E-state index in [0.717, 1.165) is 19.3 Å². The average molecular weight is 414 g/mol. The molecule has 2 unspecified atom stereocenters. The van der Waals surface area contributed by atoms with Crippen LogP contribution in [0.25, 0.3) is 0 Å². The van der Waals surface area contributed by atoms with Crippen LogP contribution in [0.15, 0.2) is 40.8 Å². The third kappa shape index (κ3) is 4.92. The fourth-order valence-electron chi connectivity index (χ4n) is 3.80. The van der Waals surface area contributed by atoms with Crippen molar-refractivity contribution in [2.45, 2.75) is 48.3 Å². The van der Waals surface area contributed by atoms with E-state index in [1.807, 2.05) is 0 Å². The molecule has 6 nitrogen and oxygen atoms in total. The molecule has 1 heterocycles. The normalized spacial score (nSPS) is 25.1. The Kier molecular flexibility index (Phi) is 6.28. The summed E-state index contributed by atoms with van der Waals surface area (Å²) in [6.45, 7) is 0.598. The molecule has 0 spiro atoms. The standard InChI is InChI=1S/C19H27NO5S2/c1-25-16-7-9-17(10-8-16)27(23,24)19-14-26(21,22)13-18(19)20-12-11-15-5-3-2-4-6-15/h5,7-10,18-20H,2-4,6,11-14H2,1H3. The Morgan fingerprint density at radius 1 is 1.15 bits per heavy atom. The van der Waals surface area contributed by atoms with Crippen LogP contribution >= 0.6 is 0 Å². The first-order valence-electron chi connectivity index (χ1n) is 9.31. The zero-order valence-corrected chi connectivity index (χ0v) is 17.2. The second-order valence-corrected chi connectivity index (χ2v) is 11.6. The monoisotopic (exact) mass is 413 g/mol. The molecule has 1 aliphatic carbocycles. The van der Waals surface area contributed by atoms with Gasteiger partial charge < -0.3 is 10.1 Å². The first-order chi connectivity index (χ1) is 12.8. The Bertz CT molecular complexity index is 889. The largest absolute Gasteiger partial charge is 0.497 e. The van der Waals surface area contributed by atoms with Crippen LogP contribution in [0.1, 0.15) is 32.1 Å². The average Bonchev–Trinajstić information content (AvgIpc) is 2.98. The van der Waals surface area contributed by atoms with Gasteiger partial charge in [0.05, 0.1) is 28.8 Å². The van der Waals surface area contributed by atoms with E-state index in [4.69, 9.17) is 4.74 Å². The van der Waals surface area contributed by atoms with E-state index >= 15 is 0 Å². The number of nitrogens with one attached hydrogen (secondary N) is 1. The molecule has 8 heteroatoms. The summed E-state index contributed by atoms with van der Waals surface area (Å²) in [6, 6.07) is 5.53. The molecule has 0 radical (unpaired) electrons.